The van der Waals surface area contributed by atoms with E-state index in [0.717, 1.165) is 28.4 Å². The number of methoxy groups -OCH3 is 1. The van der Waals surface area contributed by atoms with Gasteiger partial charge in [-0.05, 0) is 50.6 Å². The molecular weight excluding hydrogens is 292 g/mol. The standard InChI is InChI=1S/C17H18N4O2/c1-10-7-13(23-4)5-6-14(10)19-17(22)15-9-12(3)21-16(18-15)8-11(2)20-21/h5-9H,1-4H3,(H,19,22). The van der Waals surface area contributed by atoms with Crippen molar-refractivity contribution in [3.05, 3.63) is 53.0 Å². The highest BCUT2D eigenvalue weighted by Crippen LogP contribution is 2.21. The molecule has 6 heteroatoms. The monoisotopic (exact) mass is 310 g/mol. The number of rotatable bonds is 3. The molecule has 23 heavy (non-hydrogen) atoms. The molecule has 0 fully saturated rings. The molecule has 6 nitrogen and oxygen atoms in total. The molecule has 3 rings (SSSR count). The molecule has 0 saturated carbocycles. The second-order valence-electron chi connectivity index (χ2n) is 5.47. The number of carbonyl (C=O) groups is 1. The Labute approximate surface area is 134 Å². The molecule has 0 aliphatic carbocycles. The number of aromatic nitrogens is 3. The molecule has 2 heterocycles. The van der Waals surface area contributed by atoms with Crippen molar-refractivity contribution in [1.82, 2.24) is 14.6 Å². The summed E-state index contributed by atoms with van der Waals surface area (Å²) in [4.78, 5) is 16.9. The summed E-state index contributed by atoms with van der Waals surface area (Å²) in [7, 11) is 1.61. The molecular formula is C17H18N4O2. The van der Waals surface area contributed by atoms with E-state index in [1.165, 1.54) is 0 Å². The number of fused-ring (bicyclic) bond motifs is 1. The Morgan fingerprint density at radius 2 is 1.96 bits per heavy atom. The predicted molar refractivity (Wildman–Crippen MR) is 88.1 cm³/mol. The highest BCUT2D eigenvalue weighted by Gasteiger charge is 2.13. The van der Waals surface area contributed by atoms with Crippen LogP contribution in [0.5, 0.6) is 5.75 Å². The summed E-state index contributed by atoms with van der Waals surface area (Å²) in [5, 5.41) is 7.23. The second-order valence-corrected chi connectivity index (χ2v) is 5.47. The van der Waals surface area contributed by atoms with Gasteiger partial charge in [-0.1, -0.05) is 0 Å². The van der Waals surface area contributed by atoms with Crippen LogP contribution in [0.4, 0.5) is 5.69 Å². The highest BCUT2D eigenvalue weighted by molar-refractivity contribution is 6.03. The number of nitrogens with zero attached hydrogens (tertiary/aromatic N) is 3. The van der Waals surface area contributed by atoms with Crippen LogP contribution < -0.4 is 10.1 Å². The van der Waals surface area contributed by atoms with Crippen molar-refractivity contribution < 1.29 is 9.53 Å². The molecule has 1 amide bonds. The summed E-state index contributed by atoms with van der Waals surface area (Å²) in [5.74, 6) is 0.508. The van der Waals surface area contributed by atoms with Crippen molar-refractivity contribution in [2.75, 3.05) is 12.4 Å². The lowest BCUT2D eigenvalue weighted by molar-refractivity contribution is 0.102. The van der Waals surface area contributed by atoms with Crippen molar-refractivity contribution >= 4 is 17.2 Å². The van der Waals surface area contributed by atoms with Gasteiger partial charge in [-0.25, -0.2) is 9.50 Å². The minimum absolute atomic E-state index is 0.247. The van der Waals surface area contributed by atoms with Gasteiger partial charge >= 0.3 is 0 Å². The van der Waals surface area contributed by atoms with E-state index in [2.05, 4.69) is 15.4 Å². The van der Waals surface area contributed by atoms with Crippen LogP contribution in [0.25, 0.3) is 5.65 Å². The average Bonchev–Trinajstić information content (AvgIpc) is 2.90. The number of benzene rings is 1. The van der Waals surface area contributed by atoms with E-state index >= 15 is 0 Å². The van der Waals surface area contributed by atoms with E-state index in [1.54, 1.807) is 17.7 Å². The molecule has 0 spiro atoms. The summed E-state index contributed by atoms with van der Waals surface area (Å²) in [6.07, 6.45) is 0. The molecule has 0 unspecified atom stereocenters. The third-order valence-corrected chi connectivity index (χ3v) is 3.64. The number of aryl methyl sites for hydroxylation is 3. The summed E-state index contributed by atoms with van der Waals surface area (Å²) in [6.45, 7) is 5.71. The summed E-state index contributed by atoms with van der Waals surface area (Å²) in [5.41, 5.74) is 4.42. The van der Waals surface area contributed by atoms with Crippen LogP contribution in [-0.2, 0) is 0 Å². The number of anilines is 1. The van der Waals surface area contributed by atoms with Crippen molar-refractivity contribution in [2.24, 2.45) is 0 Å². The van der Waals surface area contributed by atoms with E-state index in [4.69, 9.17) is 4.74 Å². The van der Waals surface area contributed by atoms with Crippen LogP contribution in [0.1, 0.15) is 27.4 Å². The molecule has 3 aromatic rings. The molecule has 118 valence electrons. The van der Waals surface area contributed by atoms with Crippen LogP contribution in [-0.4, -0.2) is 27.6 Å². The fourth-order valence-corrected chi connectivity index (χ4v) is 2.45. The van der Waals surface area contributed by atoms with Gasteiger partial charge in [-0.3, -0.25) is 4.79 Å². The molecule has 0 saturated heterocycles. The maximum atomic E-state index is 12.5. The van der Waals surface area contributed by atoms with Crippen LogP contribution in [0.2, 0.25) is 0 Å². The smallest absolute Gasteiger partial charge is 0.274 e. The van der Waals surface area contributed by atoms with Crippen molar-refractivity contribution in [3.8, 4) is 5.75 Å². The molecule has 0 radical (unpaired) electrons. The predicted octanol–water partition coefficient (Wildman–Crippen LogP) is 2.92. The minimum atomic E-state index is -0.247. The SMILES string of the molecule is COc1ccc(NC(=O)c2cc(C)n3nc(C)cc3n2)c(C)c1. The zero-order valence-corrected chi connectivity index (χ0v) is 13.5. The van der Waals surface area contributed by atoms with Crippen LogP contribution in [0.3, 0.4) is 0 Å². The molecule has 0 atom stereocenters. The summed E-state index contributed by atoms with van der Waals surface area (Å²) >= 11 is 0. The summed E-state index contributed by atoms with van der Waals surface area (Å²) in [6, 6.07) is 9.08. The zero-order chi connectivity index (χ0) is 16.6. The number of nitrogens with one attached hydrogen (secondary N) is 1. The van der Waals surface area contributed by atoms with E-state index in [0.29, 0.717) is 11.3 Å². The van der Waals surface area contributed by atoms with Gasteiger partial charge in [0.1, 0.15) is 11.4 Å². The van der Waals surface area contributed by atoms with Gasteiger partial charge in [0.25, 0.3) is 5.91 Å². The minimum Gasteiger partial charge on any atom is -0.497 e. The maximum Gasteiger partial charge on any atom is 0.274 e. The Balaban J connectivity index is 1.91. The first kappa shape index (κ1) is 15.0. The molecule has 1 N–H and O–H groups in total. The van der Waals surface area contributed by atoms with E-state index < -0.39 is 0 Å². The normalized spacial score (nSPS) is 10.8. The van der Waals surface area contributed by atoms with Crippen molar-refractivity contribution in [1.29, 1.82) is 0 Å². The second kappa shape index (κ2) is 5.72. The Kier molecular flexibility index (Phi) is 3.73. The lowest BCUT2D eigenvalue weighted by Gasteiger charge is -2.10. The molecule has 0 aliphatic heterocycles. The molecule has 0 aliphatic rings. The van der Waals surface area contributed by atoms with Gasteiger partial charge in [-0.15, -0.1) is 0 Å². The first-order valence-corrected chi connectivity index (χ1v) is 7.28. The number of hydrogen-bond acceptors (Lipinski definition) is 4. The topological polar surface area (TPSA) is 68.5 Å². The number of carbonyl (C=O) groups excluding carboxylic acids is 1. The fraction of sp³-hybridized carbons (Fsp3) is 0.235. The van der Waals surface area contributed by atoms with Crippen molar-refractivity contribution in [3.63, 3.8) is 0 Å². The van der Waals surface area contributed by atoms with E-state index in [-0.39, 0.29) is 5.91 Å². The fourth-order valence-electron chi connectivity index (χ4n) is 2.45. The van der Waals surface area contributed by atoms with Crippen LogP contribution in [0.15, 0.2) is 30.3 Å². The maximum absolute atomic E-state index is 12.5. The zero-order valence-electron chi connectivity index (χ0n) is 13.5. The number of amides is 1. The first-order chi connectivity index (χ1) is 11.0. The largest absolute Gasteiger partial charge is 0.497 e. The van der Waals surface area contributed by atoms with E-state index in [9.17, 15) is 4.79 Å². The van der Waals surface area contributed by atoms with Gasteiger partial charge in [-0.2, -0.15) is 5.10 Å². The van der Waals surface area contributed by atoms with Gasteiger partial charge < -0.3 is 10.1 Å². The number of hydrogen-bond donors (Lipinski definition) is 1. The van der Waals surface area contributed by atoms with Crippen LogP contribution in [0, 0.1) is 20.8 Å². The Hall–Kier alpha value is -2.89. The molecule has 0 bridgehead atoms. The van der Waals surface area contributed by atoms with Crippen LogP contribution >= 0.6 is 0 Å². The molecule has 2 aromatic heterocycles. The Bertz CT molecular complexity index is 899. The van der Waals surface area contributed by atoms with Gasteiger partial charge in [0.2, 0.25) is 0 Å². The highest BCUT2D eigenvalue weighted by atomic mass is 16.5. The van der Waals surface area contributed by atoms with Gasteiger partial charge in [0.15, 0.2) is 5.65 Å². The average molecular weight is 310 g/mol. The molecule has 1 aromatic carbocycles. The van der Waals surface area contributed by atoms with Crippen molar-refractivity contribution in [2.45, 2.75) is 20.8 Å². The lowest BCUT2D eigenvalue weighted by atomic mass is 10.2. The Morgan fingerprint density at radius 1 is 1.17 bits per heavy atom. The third-order valence-electron chi connectivity index (χ3n) is 3.64. The quantitative estimate of drug-likeness (QED) is 0.807. The number of ether oxygens (including phenoxy) is 1. The van der Waals surface area contributed by atoms with Gasteiger partial charge in [0.05, 0.1) is 12.8 Å². The third kappa shape index (κ3) is 2.88. The summed E-state index contributed by atoms with van der Waals surface area (Å²) < 4.78 is 6.90. The lowest BCUT2D eigenvalue weighted by Crippen LogP contribution is -2.16. The van der Waals surface area contributed by atoms with Gasteiger partial charge in [0, 0.05) is 17.4 Å². The van der Waals surface area contributed by atoms with E-state index in [1.807, 2.05) is 45.0 Å². The Morgan fingerprint density at radius 3 is 2.65 bits per heavy atom. The first-order valence-electron chi connectivity index (χ1n) is 7.28.